The third kappa shape index (κ3) is 2.81. The average molecular weight is 294 g/mol. The summed E-state index contributed by atoms with van der Waals surface area (Å²) in [6, 6.07) is 9.91. The Morgan fingerprint density at radius 1 is 1.14 bits per heavy atom. The molecule has 0 saturated carbocycles. The summed E-state index contributed by atoms with van der Waals surface area (Å²) < 4.78 is 1.89. The smallest absolute Gasteiger partial charge is 0.220 e. The molecule has 0 unspecified atom stereocenters. The van der Waals surface area contributed by atoms with E-state index in [0.29, 0.717) is 0 Å². The van der Waals surface area contributed by atoms with Crippen molar-refractivity contribution in [3.63, 3.8) is 0 Å². The summed E-state index contributed by atoms with van der Waals surface area (Å²) in [5.41, 5.74) is 8.37. The van der Waals surface area contributed by atoms with Gasteiger partial charge in [0.15, 0.2) is 5.82 Å². The third-order valence-electron chi connectivity index (χ3n) is 3.43. The molecular weight excluding hydrogens is 276 g/mol. The van der Waals surface area contributed by atoms with Gasteiger partial charge in [-0.25, -0.2) is 19.6 Å². The normalized spacial score (nSPS) is 10.8. The largest absolute Gasteiger partial charge is 0.368 e. The summed E-state index contributed by atoms with van der Waals surface area (Å²) in [5.74, 6) is 1.02. The van der Waals surface area contributed by atoms with Gasteiger partial charge in [0.05, 0.1) is 11.3 Å². The molecule has 0 bridgehead atoms. The topological polar surface area (TPSA) is 82.5 Å². The highest BCUT2D eigenvalue weighted by Gasteiger charge is 2.15. The first kappa shape index (κ1) is 14.2. The van der Waals surface area contributed by atoms with Crippen LogP contribution in [-0.2, 0) is 6.54 Å². The Labute approximate surface area is 129 Å². The van der Waals surface area contributed by atoms with Gasteiger partial charge < -0.3 is 5.73 Å². The van der Waals surface area contributed by atoms with Crippen molar-refractivity contribution in [2.24, 2.45) is 0 Å². The van der Waals surface area contributed by atoms with Gasteiger partial charge in [0, 0.05) is 18.3 Å². The first-order chi connectivity index (χ1) is 10.8. The predicted octanol–water partition coefficient (Wildman–Crippen LogP) is 2.78. The minimum absolute atomic E-state index is 0.252. The highest BCUT2D eigenvalue weighted by molar-refractivity contribution is 5.77. The fourth-order valence-corrected chi connectivity index (χ4v) is 2.32. The maximum Gasteiger partial charge on any atom is 0.220 e. The molecule has 0 radical (unpaired) electrons. The van der Waals surface area contributed by atoms with E-state index in [1.165, 1.54) is 0 Å². The van der Waals surface area contributed by atoms with Gasteiger partial charge in [0.2, 0.25) is 5.95 Å². The van der Waals surface area contributed by atoms with Crippen molar-refractivity contribution in [1.82, 2.24) is 24.7 Å². The quantitative estimate of drug-likeness (QED) is 0.782. The van der Waals surface area contributed by atoms with Crippen LogP contribution in [0.15, 0.2) is 42.9 Å². The number of nitrogens with two attached hydrogens (primary N) is 1. The van der Waals surface area contributed by atoms with E-state index in [0.717, 1.165) is 42.0 Å². The molecule has 2 heterocycles. The van der Waals surface area contributed by atoms with Crippen molar-refractivity contribution in [3.8, 4) is 22.6 Å². The van der Waals surface area contributed by atoms with Crippen LogP contribution in [0.4, 0.5) is 5.95 Å². The van der Waals surface area contributed by atoms with E-state index in [4.69, 9.17) is 5.73 Å². The molecule has 3 rings (SSSR count). The van der Waals surface area contributed by atoms with Crippen molar-refractivity contribution >= 4 is 5.95 Å². The Bertz CT molecular complexity index is 750. The first-order valence-corrected chi connectivity index (χ1v) is 7.35. The minimum atomic E-state index is 0.252. The van der Waals surface area contributed by atoms with E-state index < -0.39 is 0 Å². The number of aromatic nitrogens is 5. The van der Waals surface area contributed by atoms with E-state index in [9.17, 15) is 0 Å². The van der Waals surface area contributed by atoms with E-state index in [2.05, 4.69) is 27.0 Å². The molecule has 0 atom stereocenters. The SMILES string of the molecule is CCCCn1ncnc1-c1cnc(N)nc1-c1ccccc1. The van der Waals surface area contributed by atoms with Crippen LogP contribution in [0, 0.1) is 0 Å². The summed E-state index contributed by atoms with van der Waals surface area (Å²) in [4.78, 5) is 12.9. The zero-order valence-corrected chi connectivity index (χ0v) is 12.5. The summed E-state index contributed by atoms with van der Waals surface area (Å²) in [6.45, 7) is 2.97. The molecule has 0 saturated heterocycles. The maximum atomic E-state index is 5.77. The number of hydrogen-bond acceptors (Lipinski definition) is 5. The van der Waals surface area contributed by atoms with Gasteiger partial charge in [0.25, 0.3) is 0 Å². The summed E-state index contributed by atoms with van der Waals surface area (Å²) in [6.07, 6.45) is 5.43. The fourth-order valence-electron chi connectivity index (χ4n) is 2.32. The fraction of sp³-hybridized carbons (Fsp3) is 0.250. The Morgan fingerprint density at radius 3 is 2.73 bits per heavy atom. The van der Waals surface area contributed by atoms with Gasteiger partial charge in [-0.05, 0) is 6.42 Å². The van der Waals surface area contributed by atoms with E-state index in [-0.39, 0.29) is 5.95 Å². The molecule has 6 heteroatoms. The second-order valence-corrected chi connectivity index (χ2v) is 5.02. The lowest BCUT2D eigenvalue weighted by Crippen LogP contribution is -2.05. The zero-order valence-electron chi connectivity index (χ0n) is 12.5. The van der Waals surface area contributed by atoms with Gasteiger partial charge in [0.1, 0.15) is 6.33 Å². The van der Waals surface area contributed by atoms with Crippen LogP contribution >= 0.6 is 0 Å². The Morgan fingerprint density at radius 2 is 1.95 bits per heavy atom. The molecule has 0 aliphatic heterocycles. The molecule has 0 amide bonds. The second kappa shape index (κ2) is 6.34. The second-order valence-electron chi connectivity index (χ2n) is 5.02. The van der Waals surface area contributed by atoms with Crippen molar-refractivity contribution in [2.75, 3.05) is 5.73 Å². The number of unbranched alkanes of at least 4 members (excludes halogenated alkanes) is 1. The third-order valence-corrected chi connectivity index (χ3v) is 3.43. The van der Waals surface area contributed by atoms with Crippen LogP contribution < -0.4 is 5.73 Å². The predicted molar refractivity (Wildman–Crippen MR) is 85.8 cm³/mol. The minimum Gasteiger partial charge on any atom is -0.368 e. The molecule has 0 spiro atoms. The molecule has 2 aromatic heterocycles. The molecule has 0 fully saturated rings. The average Bonchev–Trinajstić information content (AvgIpc) is 3.02. The number of rotatable bonds is 5. The molecular formula is C16H18N6. The van der Waals surface area contributed by atoms with Crippen molar-refractivity contribution in [1.29, 1.82) is 0 Å². The number of nitrogens with zero attached hydrogens (tertiary/aromatic N) is 5. The van der Waals surface area contributed by atoms with Crippen LogP contribution in [0.5, 0.6) is 0 Å². The molecule has 0 aliphatic rings. The van der Waals surface area contributed by atoms with E-state index in [1.807, 2.05) is 35.0 Å². The molecule has 0 aliphatic carbocycles. The molecule has 1 aromatic carbocycles. The van der Waals surface area contributed by atoms with Gasteiger partial charge in [-0.2, -0.15) is 5.10 Å². The molecule has 6 nitrogen and oxygen atoms in total. The highest BCUT2D eigenvalue weighted by atomic mass is 15.3. The van der Waals surface area contributed by atoms with Crippen molar-refractivity contribution < 1.29 is 0 Å². The molecule has 22 heavy (non-hydrogen) atoms. The molecule has 3 aromatic rings. The molecule has 2 N–H and O–H groups in total. The van der Waals surface area contributed by atoms with E-state index >= 15 is 0 Å². The Balaban J connectivity index is 2.10. The summed E-state index contributed by atoms with van der Waals surface area (Å²) in [7, 11) is 0. The van der Waals surface area contributed by atoms with Gasteiger partial charge in [-0.15, -0.1) is 0 Å². The lowest BCUT2D eigenvalue weighted by Gasteiger charge is -2.10. The van der Waals surface area contributed by atoms with Gasteiger partial charge in [-0.1, -0.05) is 43.7 Å². The lowest BCUT2D eigenvalue weighted by molar-refractivity contribution is 0.576. The van der Waals surface area contributed by atoms with Crippen LogP contribution in [0.2, 0.25) is 0 Å². The number of anilines is 1. The van der Waals surface area contributed by atoms with Gasteiger partial charge >= 0.3 is 0 Å². The highest BCUT2D eigenvalue weighted by Crippen LogP contribution is 2.29. The zero-order chi connectivity index (χ0) is 15.4. The van der Waals surface area contributed by atoms with Crippen LogP contribution in [0.25, 0.3) is 22.6 Å². The molecule has 112 valence electrons. The summed E-state index contributed by atoms with van der Waals surface area (Å²) >= 11 is 0. The maximum absolute atomic E-state index is 5.77. The number of hydrogen-bond donors (Lipinski definition) is 1. The number of benzene rings is 1. The Hall–Kier alpha value is -2.76. The Kier molecular flexibility index (Phi) is 4.09. The van der Waals surface area contributed by atoms with E-state index in [1.54, 1.807) is 12.5 Å². The summed E-state index contributed by atoms with van der Waals surface area (Å²) in [5, 5.41) is 4.31. The van der Waals surface area contributed by atoms with Crippen molar-refractivity contribution in [2.45, 2.75) is 26.3 Å². The monoisotopic (exact) mass is 294 g/mol. The number of nitrogen functional groups attached to an aromatic ring is 1. The van der Waals surface area contributed by atoms with Crippen LogP contribution in [-0.4, -0.2) is 24.7 Å². The standard InChI is InChI=1S/C16H18N6/c1-2-3-9-22-15(19-11-20-22)13-10-18-16(17)21-14(13)12-7-5-4-6-8-12/h4-8,10-11H,2-3,9H2,1H3,(H2,17,18,21). The van der Waals surface area contributed by atoms with Crippen LogP contribution in [0.1, 0.15) is 19.8 Å². The first-order valence-electron chi connectivity index (χ1n) is 7.35. The van der Waals surface area contributed by atoms with Gasteiger partial charge in [-0.3, -0.25) is 0 Å². The number of aryl methyl sites for hydroxylation is 1. The van der Waals surface area contributed by atoms with Crippen LogP contribution in [0.3, 0.4) is 0 Å². The van der Waals surface area contributed by atoms with Crippen molar-refractivity contribution in [3.05, 3.63) is 42.9 Å². The lowest BCUT2D eigenvalue weighted by atomic mass is 10.1.